The number of piperidine rings is 1. The maximum atomic E-state index is 12.5. The van der Waals surface area contributed by atoms with Crippen LogP contribution in [0.1, 0.15) is 36.8 Å². The molecule has 1 aromatic carbocycles. The second kappa shape index (κ2) is 8.64. The van der Waals surface area contributed by atoms with E-state index in [2.05, 4.69) is 21.3 Å². The molecule has 4 rings (SSSR count). The van der Waals surface area contributed by atoms with Gasteiger partial charge in [0.1, 0.15) is 0 Å². The van der Waals surface area contributed by atoms with E-state index < -0.39 is 0 Å². The zero-order valence-corrected chi connectivity index (χ0v) is 16.9. The quantitative estimate of drug-likeness (QED) is 0.850. The predicted octanol–water partition coefficient (Wildman–Crippen LogP) is 2.84. The van der Waals surface area contributed by atoms with Gasteiger partial charge in [-0.2, -0.15) is 0 Å². The Morgan fingerprint density at radius 2 is 1.97 bits per heavy atom. The van der Waals surface area contributed by atoms with E-state index in [1.807, 2.05) is 48.5 Å². The molecule has 2 amide bonds. The van der Waals surface area contributed by atoms with E-state index >= 15 is 0 Å². The molecular formula is C23H28N4O2. The standard InChI is InChI=1S/C23H28N4O2/c1-17-12-21(15-24-14-17)26-11-9-19(16-26)25-22(28)13-18-5-7-20(8-6-18)27-10-3-2-4-23(27)29/h5-8,12,14-15,19H,2-4,9-11,13,16H2,1H3,(H,25,28)/t19-/m1/s1. The number of hydrogen-bond donors (Lipinski definition) is 1. The second-order valence-electron chi connectivity index (χ2n) is 8.07. The van der Waals surface area contributed by atoms with Crippen LogP contribution in [0.2, 0.25) is 0 Å². The van der Waals surface area contributed by atoms with Gasteiger partial charge in [0, 0.05) is 44.0 Å². The average Bonchev–Trinajstić information content (AvgIpc) is 3.17. The number of aryl methyl sites for hydroxylation is 1. The Labute approximate surface area is 171 Å². The van der Waals surface area contributed by atoms with Gasteiger partial charge >= 0.3 is 0 Å². The van der Waals surface area contributed by atoms with Crippen LogP contribution in [-0.2, 0) is 16.0 Å². The molecule has 0 bridgehead atoms. The highest BCUT2D eigenvalue weighted by molar-refractivity contribution is 5.94. The van der Waals surface area contributed by atoms with E-state index in [9.17, 15) is 9.59 Å². The van der Waals surface area contributed by atoms with Crippen LogP contribution in [0.5, 0.6) is 0 Å². The molecule has 6 heteroatoms. The van der Waals surface area contributed by atoms with Crippen LogP contribution in [0.15, 0.2) is 42.7 Å². The first-order valence-corrected chi connectivity index (χ1v) is 10.4. The van der Waals surface area contributed by atoms with Crippen molar-refractivity contribution in [1.82, 2.24) is 10.3 Å². The number of nitrogens with one attached hydrogen (secondary N) is 1. The average molecular weight is 393 g/mol. The second-order valence-corrected chi connectivity index (χ2v) is 8.07. The van der Waals surface area contributed by atoms with Crippen LogP contribution in [-0.4, -0.2) is 42.5 Å². The van der Waals surface area contributed by atoms with Crippen molar-refractivity contribution in [2.75, 3.05) is 29.4 Å². The number of nitrogens with zero attached hydrogens (tertiary/aromatic N) is 3. The van der Waals surface area contributed by atoms with Crippen molar-refractivity contribution in [3.63, 3.8) is 0 Å². The van der Waals surface area contributed by atoms with Crippen molar-refractivity contribution in [2.45, 2.75) is 45.1 Å². The van der Waals surface area contributed by atoms with Crippen molar-refractivity contribution in [3.05, 3.63) is 53.9 Å². The first-order valence-electron chi connectivity index (χ1n) is 10.4. The van der Waals surface area contributed by atoms with E-state index in [4.69, 9.17) is 0 Å². The molecule has 0 spiro atoms. The fourth-order valence-electron chi connectivity index (χ4n) is 4.16. The Kier molecular flexibility index (Phi) is 5.79. The molecule has 1 atom stereocenters. The van der Waals surface area contributed by atoms with Gasteiger partial charge in [-0.1, -0.05) is 12.1 Å². The zero-order valence-electron chi connectivity index (χ0n) is 16.9. The summed E-state index contributed by atoms with van der Waals surface area (Å²) >= 11 is 0. The van der Waals surface area contributed by atoms with E-state index in [0.717, 1.165) is 61.4 Å². The molecule has 1 N–H and O–H groups in total. The molecule has 29 heavy (non-hydrogen) atoms. The number of carbonyl (C=O) groups is 2. The fraction of sp³-hybridized carbons (Fsp3) is 0.435. The van der Waals surface area contributed by atoms with Crippen molar-refractivity contribution in [1.29, 1.82) is 0 Å². The summed E-state index contributed by atoms with van der Waals surface area (Å²) in [6.45, 7) is 4.56. The Hall–Kier alpha value is -2.89. The van der Waals surface area contributed by atoms with Gasteiger partial charge in [-0.05, 0) is 55.5 Å². The molecule has 0 saturated carbocycles. The highest BCUT2D eigenvalue weighted by atomic mass is 16.2. The van der Waals surface area contributed by atoms with Gasteiger partial charge in [-0.25, -0.2) is 0 Å². The van der Waals surface area contributed by atoms with Gasteiger partial charge in [0.25, 0.3) is 0 Å². The molecule has 6 nitrogen and oxygen atoms in total. The van der Waals surface area contributed by atoms with E-state index in [0.29, 0.717) is 12.8 Å². The van der Waals surface area contributed by atoms with Crippen molar-refractivity contribution < 1.29 is 9.59 Å². The lowest BCUT2D eigenvalue weighted by molar-refractivity contribution is -0.121. The maximum Gasteiger partial charge on any atom is 0.226 e. The summed E-state index contributed by atoms with van der Waals surface area (Å²) in [5, 5.41) is 3.16. The van der Waals surface area contributed by atoms with Gasteiger partial charge in [0.2, 0.25) is 11.8 Å². The third-order valence-electron chi connectivity index (χ3n) is 5.72. The lowest BCUT2D eigenvalue weighted by Crippen LogP contribution is -2.38. The summed E-state index contributed by atoms with van der Waals surface area (Å²) in [6.07, 6.45) is 7.68. The number of benzene rings is 1. The predicted molar refractivity (Wildman–Crippen MR) is 114 cm³/mol. The molecule has 1 aromatic heterocycles. The minimum atomic E-state index is 0.0426. The Balaban J connectivity index is 1.29. The summed E-state index contributed by atoms with van der Waals surface area (Å²) in [6, 6.07) is 10.1. The first kappa shape index (κ1) is 19.4. The highest BCUT2D eigenvalue weighted by Crippen LogP contribution is 2.22. The number of hydrogen-bond acceptors (Lipinski definition) is 4. The fourth-order valence-corrected chi connectivity index (χ4v) is 4.16. The number of anilines is 2. The lowest BCUT2D eigenvalue weighted by atomic mass is 10.1. The summed E-state index contributed by atoms with van der Waals surface area (Å²) < 4.78 is 0. The number of pyridine rings is 1. The van der Waals surface area contributed by atoms with Gasteiger partial charge in [0.05, 0.1) is 18.3 Å². The van der Waals surface area contributed by atoms with Gasteiger partial charge in [-0.3, -0.25) is 14.6 Å². The molecule has 2 aliphatic rings. The van der Waals surface area contributed by atoms with E-state index in [1.165, 1.54) is 0 Å². The third kappa shape index (κ3) is 4.75. The third-order valence-corrected chi connectivity index (χ3v) is 5.72. The largest absolute Gasteiger partial charge is 0.368 e. The van der Waals surface area contributed by atoms with E-state index in [1.54, 1.807) is 0 Å². The Morgan fingerprint density at radius 3 is 2.72 bits per heavy atom. The van der Waals surface area contributed by atoms with Gasteiger partial charge in [0.15, 0.2) is 0 Å². The van der Waals surface area contributed by atoms with Gasteiger partial charge < -0.3 is 15.1 Å². The van der Waals surface area contributed by atoms with Crippen molar-refractivity contribution >= 4 is 23.2 Å². The SMILES string of the molecule is Cc1cncc(N2CC[C@@H](NC(=O)Cc3ccc(N4CCCCC4=O)cc3)C2)c1. The molecule has 3 heterocycles. The van der Waals surface area contributed by atoms with Crippen LogP contribution >= 0.6 is 0 Å². The summed E-state index contributed by atoms with van der Waals surface area (Å²) in [5.74, 6) is 0.234. The molecule has 0 radical (unpaired) electrons. The maximum absolute atomic E-state index is 12.5. The smallest absolute Gasteiger partial charge is 0.226 e. The first-order chi connectivity index (χ1) is 14.1. The summed E-state index contributed by atoms with van der Waals surface area (Å²) in [7, 11) is 0. The normalized spacial score (nSPS) is 19.5. The van der Waals surface area contributed by atoms with E-state index in [-0.39, 0.29) is 17.9 Å². The summed E-state index contributed by atoms with van der Waals surface area (Å²) in [4.78, 5) is 32.9. The molecule has 2 aliphatic heterocycles. The van der Waals surface area contributed by atoms with Crippen LogP contribution in [0.3, 0.4) is 0 Å². The molecule has 2 fully saturated rings. The minimum absolute atomic E-state index is 0.0426. The highest BCUT2D eigenvalue weighted by Gasteiger charge is 2.24. The minimum Gasteiger partial charge on any atom is -0.368 e. The number of aromatic nitrogens is 1. The van der Waals surface area contributed by atoms with Crippen LogP contribution in [0.4, 0.5) is 11.4 Å². The van der Waals surface area contributed by atoms with Crippen LogP contribution in [0, 0.1) is 6.92 Å². The number of carbonyl (C=O) groups excluding carboxylic acids is 2. The van der Waals surface area contributed by atoms with Crippen molar-refractivity contribution in [3.8, 4) is 0 Å². The van der Waals surface area contributed by atoms with Gasteiger partial charge in [-0.15, -0.1) is 0 Å². The monoisotopic (exact) mass is 392 g/mol. The summed E-state index contributed by atoms with van der Waals surface area (Å²) in [5.41, 5.74) is 4.15. The topological polar surface area (TPSA) is 65.5 Å². The molecule has 0 aliphatic carbocycles. The van der Waals surface area contributed by atoms with Crippen LogP contribution < -0.4 is 15.1 Å². The Morgan fingerprint density at radius 1 is 1.14 bits per heavy atom. The molecular weight excluding hydrogens is 364 g/mol. The molecule has 0 unspecified atom stereocenters. The molecule has 152 valence electrons. The molecule has 2 saturated heterocycles. The van der Waals surface area contributed by atoms with Crippen molar-refractivity contribution in [2.24, 2.45) is 0 Å². The Bertz CT molecular complexity index is 881. The lowest BCUT2D eigenvalue weighted by Gasteiger charge is -2.26. The number of rotatable bonds is 5. The molecule has 2 aromatic rings. The van der Waals surface area contributed by atoms with Crippen LogP contribution in [0.25, 0.3) is 0 Å². The number of amides is 2. The zero-order chi connectivity index (χ0) is 20.2.